The van der Waals surface area contributed by atoms with E-state index in [2.05, 4.69) is 4.72 Å². The molecule has 1 aliphatic heterocycles. The number of nitrogens with one attached hydrogen (secondary N) is 1. The zero-order chi connectivity index (χ0) is 15.6. The van der Waals surface area contributed by atoms with E-state index >= 15 is 0 Å². The Morgan fingerprint density at radius 1 is 1.33 bits per heavy atom. The smallest absolute Gasteiger partial charge is 0.326 e. The van der Waals surface area contributed by atoms with Gasteiger partial charge in [0.2, 0.25) is 10.0 Å². The van der Waals surface area contributed by atoms with Crippen molar-refractivity contribution >= 4 is 21.7 Å². The number of benzene rings is 1. The highest BCUT2D eigenvalue weighted by molar-refractivity contribution is 7.89. The van der Waals surface area contributed by atoms with Crippen molar-refractivity contribution in [3.05, 3.63) is 24.3 Å². The van der Waals surface area contributed by atoms with Gasteiger partial charge in [-0.15, -0.1) is 0 Å². The summed E-state index contributed by atoms with van der Waals surface area (Å²) < 4.78 is 26.6. The van der Waals surface area contributed by atoms with E-state index in [-0.39, 0.29) is 10.9 Å². The van der Waals surface area contributed by atoms with Crippen LogP contribution in [0.5, 0.6) is 0 Å². The highest BCUT2D eigenvalue weighted by Crippen LogP contribution is 2.26. The van der Waals surface area contributed by atoms with Crippen molar-refractivity contribution in [1.29, 1.82) is 0 Å². The molecular formula is C14H20N2O4S. The lowest BCUT2D eigenvalue weighted by Crippen LogP contribution is -2.35. The molecule has 0 radical (unpaired) electrons. The van der Waals surface area contributed by atoms with Crippen LogP contribution in [0, 0.1) is 0 Å². The summed E-state index contributed by atoms with van der Waals surface area (Å²) in [7, 11) is -3.51. The zero-order valence-electron chi connectivity index (χ0n) is 12.1. The number of rotatable bonds is 5. The predicted octanol–water partition coefficient (Wildman–Crippen LogP) is 1.43. The van der Waals surface area contributed by atoms with Gasteiger partial charge in [0, 0.05) is 18.3 Å². The molecule has 0 saturated carbocycles. The van der Waals surface area contributed by atoms with Gasteiger partial charge in [-0.3, -0.25) is 0 Å². The molecule has 21 heavy (non-hydrogen) atoms. The summed E-state index contributed by atoms with van der Waals surface area (Å²) in [5.41, 5.74) is 0.739. The fourth-order valence-corrected chi connectivity index (χ4v) is 3.78. The van der Waals surface area contributed by atoms with Crippen LogP contribution in [0.3, 0.4) is 0 Å². The van der Waals surface area contributed by atoms with Gasteiger partial charge < -0.3 is 10.0 Å². The van der Waals surface area contributed by atoms with Crippen molar-refractivity contribution in [2.24, 2.45) is 0 Å². The van der Waals surface area contributed by atoms with Gasteiger partial charge in [-0.25, -0.2) is 17.9 Å². The van der Waals surface area contributed by atoms with Gasteiger partial charge in [0.1, 0.15) is 6.04 Å². The minimum absolute atomic E-state index is 0.176. The van der Waals surface area contributed by atoms with Crippen molar-refractivity contribution < 1.29 is 18.3 Å². The van der Waals surface area contributed by atoms with Crippen LogP contribution in [-0.4, -0.2) is 38.1 Å². The molecule has 1 aromatic carbocycles. The van der Waals surface area contributed by atoms with Gasteiger partial charge in [0.25, 0.3) is 0 Å². The first-order valence-electron chi connectivity index (χ1n) is 6.93. The van der Waals surface area contributed by atoms with E-state index in [1.165, 1.54) is 12.1 Å². The first-order valence-corrected chi connectivity index (χ1v) is 8.41. The number of hydrogen-bond acceptors (Lipinski definition) is 4. The molecule has 6 nitrogen and oxygen atoms in total. The maximum atomic E-state index is 12.0. The van der Waals surface area contributed by atoms with Gasteiger partial charge in [0.15, 0.2) is 0 Å². The van der Waals surface area contributed by atoms with E-state index in [1.54, 1.807) is 30.9 Å². The molecule has 7 heteroatoms. The molecule has 1 unspecified atom stereocenters. The van der Waals surface area contributed by atoms with Crippen LogP contribution >= 0.6 is 0 Å². The normalized spacial score (nSPS) is 19.2. The number of carbonyl (C=O) groups is 1. The number of carboxylic acids is 1. The first-order chi connectivity index (χ1) is 9.81. The standard InChI is InChI=1S/C14H20N2O4S/c1-10(2)15-21(19,20)12-7-5-11(6-8-12)16-9-3-4-13(16)14(17)18/h5-8,10,13,15H,3-4,9H2,1-2H3,(H,17,18). The van der Waals surface area contributed by atoms with Crippen molar-refractivity contribution in [2.75, 3.05) is 11.4 Å². The Balaban J connectivity index is 2.21. The number of aliphatic carboxylic acids is 1. The van der Waals surface area contributed by atoms with Crippen LogP contribution in [0.1, 0.15) is 26.7 Å². The summed E-state index contributed by atoms with van der Waals surface area (Å²) in [6.45, 7) is 4.19. The largest absolute Gasteiger partial charge is 0.480 e. The topological polar surface area (TPSA) is 86.7 Å². The highest BCUT2D eigenvalue weighted by Gasteiger charge is 2.30. The lowest BCUT2D eigenvalue weighted by molar-refractivity contribution is -0.138. The Labute approximate surface area is 124 Å². The number of anilines is 1. The van der Waals surface area contributed by atoms with Gasteiger partial charge in [-0.1, -0.05) is 0 Å². The molecule has 1 aromatic rings. The fraction of sp³-hybridized carbons (Fsp3) is 0.500. The van der Waals surface area contributed by atoms with Gasteiger partial charge in [-0.05, 0) is 51.0 Å². The highest BCUT2D eigenvalue weighted by atomic mass is 32.2. The van der Waals surface area contributed by atoms with Crippen molar-refractivity contribution in [3.8, 4) is 0 Å². The van der Waals surface area contributed by atoms with Crippen LogP contribution in [-0.2, 0) is 14.8 Å². The summed E-state index contributed by atoms with van der Waals surface area (Å²) >= 11 is 0. The third-order valence-corrected chi connectivity index (χ3v) is 5.08. The molecule has 1 atom stereocenters. The minimum Gasteiger partial charge on any atom is -0.480 e. The van der Waals surface area contributed by atoms with Crippen LogP contribution in [0.15, 0.2) is 29.2 Å². The molecule has 0 bridgehead atoms. The number of nitrogens with zero attached hydrogens (tertiary/aromatic N) is 1. The second-order valence-electron chi connectivity index (χ2n) is 5.46. The lowest BCUT2D eigenvalue weighted by atomic mass is 10.2. The van der Waals surface area contributed by atoms with E-state index < -0.39 is 22.0 Å². The summed E-state index contributed by atoms with van der Waals surface area (Å²) in [6, 6.07) is 5.65. The molecule has 0 aliphatic carbocycles. The molecule has 1 heterocycles. The van der Waals surface area contributed by atoms with Crippen LogP contribution < -0.4 is 9.62 Å². The number of sulfonamides is 1. The molecule has 1 fully saturated rings. The molecule has 2 rings (SSSR count). The molecule has 1 aliphatic rings. The molecule has 1 saturated heterocycles. The van der Waals surface area contributed by atoms with E-state index in [0.717, 1.165) is 12.1 Å². The Bertz CT molecular complexity index is 610. The summed E-state index contributed by atoms with van der Waals surface area (Å²) in [4.78, 5) is 13.2. The van der Waals surface area contributed by atoms with E-state index in [0.29, 0.717) is 13.0 Å². The Morgan fingerprint density at radius 3 is 2.48 bits per heavy atom. The number of hydrogen-bond donors (Lipinski definition) is 2. The quantitative estimate of drug-likeness (QED) is 0.859. The van der Waals surface area contributed by atoms with Crippen molar-refractivity contribution in [1.82, 2.24) is 4.72 Å². The SMILES string of the molecule is CC(C)NS(=O)(=O)c1ccc(N2CCCC2C(=O)O)cc1. The van der Waals surface area contributed by atoms with Gasteiger partial charge in [-0.2, -0.15) is 0 Å². The summed E-state index contributed by atoms with van der Waals surface area (Å²) in [6.07, 6.45) is 1.44. The average Bonchev–Trinajstić information content (AvgIpc) is 2.86. The molecule has 116 valence electrons. The third kappa shape index (κ3) is 3.54. The van der Waals surface area contributed by atoms with E-state index in [9.17, 15) is 18.3 Å². The van der Waals surface area contributed by atoms with E-state index in [4.69, 9.17) is 0 Å². The lowest BCUT2D eigenvalue weighted by Gasteiger charge is -2.23. The monoisotopic (exact) mass is 312 g/mol. The molecule has 0 amide bonds. The first kappa shape index (κ1) is 15.8. The minimum atomic E-state index is -3.51. The van der Waals surface area contributed by atoms with Crippen molar-refractivity contribution in [2.45, 2.75) is 43.7 Å². The molecule has 0 spiro atoms. The van der Waals surface area contributed by atoms with Gasteiger partial charge >= 0.3 is 5.97 Å². The summed E-state index contributed by atoms with van der Waals surface area (Å²) in [5, 5.41) is 9.18. The number of carboxylic acid groups (broad SMARTS) is 1. The van der Waals surface area contributed by atoms with Crippen LogP contribution in [0.2, 0.25) is 0 Å². The second-order valence-corrected chi connectivity index (χ2v) is 7.17. The van der Waals surface area contributed by atoms with E-state index in [1.807, 2.05) is 0 Å². The van der Waals surface area contributed by atoms with Crippen LogP contribution in [0.25, 0.3) is 0 Å². The Hall–Kier alpha value is -1.60. The Kier molecular flexibility index (Phi) is 4.53. The summed E-state index contributed by atoms with van der Waals surface area (Å²) in [5.74, 6) is -0.842. The van der Waals surface area contributed by atoms with Crippen LogP contribution in [0.4, 0.5) is 5.69 Å². The van der Waals surface area contributed by atoms with Gasteiger partial charge in [0.05, 0.1) is 4.90 Å². The molecular weight excluding hydrogens is 292 g/mol. The maximum Gasteiger partial charge on any atom is 0.326 e. The third-order valence-electron chi connectivity index (χ3n) is 3.41. The van der Waals surface area contributed by atoms with Crippen molar-refractivity contribution in [3.63, 3.8) is 0 Å². The average molecular weight is 312 g/mol. The Morgan fingerprint density at radius 2 is 1.95 bits per heavy atom. The second kappa shape index (κ2) is 6.03. The predicted molar refractivity (Wildman–Crippen MR) is 79.9 cm³/mol. The maximum absolute atomic E-state index is 12.0. The zero-order valence-corrected chi connectivity index (χ0v) is 12.9. The fourth-order valence-electron chi connectivity index (χ4n) is 2.53. The molecule has 2 N–H and O–H groups in total. The molecule has 0 aromatic heterocycles.